The van der Waals surface area contributed by atoms with Gasteiger partial charge in [-0.3, -0.25) is 4.79 Å². The Labute approximate surface area is 161 Å². The van der Waals surface area contributed by atoms with Crippen molar-refractivity contribution in [1.29, 1.82) is 0 Å². The van der Waals surface area contributed by atoms with E-state index in [1.807, 2.05) is 31.2 Å². The Balaban J connectivity index is 1.91. The third kappa shape index (κ3) is 6.07. The molecule has 2 aromatic carbocycles. The highest BCUT2D eigenvalue weighted by molar-refractivity contribution is 9.10. The molecule has 0 aliphatic rings. The van der Waals surface area contributed by atoms with Gasteiger partial charge >= 0.3 is 0 Å². The average molecular weight is 421 g/mol. The second-order valence-electron chi connectivity index (χ2n) is 5.30. The fraction of sp³-hybridized carbons (Fsp3) is 0.263. The second kappa shape index (κ2) is 10.5. The quantitative estimate of drug-likeness (QED) is 0.486. The summed E-state index contributed by atoms with van der Waals surface area (Å²) in [5.74, 6) is 0.959. The number of para-hydroxylation sites is 1. The van der Waals surface area contributed by atoms with Crippen LogP contribution in [0.25, 0.3) is 0 Å². The lowest BCUT2D eigenvalue weighted by Gasteiger charge is -2.12. The lowest BCUT2D eigenvalue weighted by atomic mass is 10.2. The first-order valence-corrected chi connectivity index (χ1v) is 8.94. The zero-order valence-corrected chi connectivity index (χ0v) is 16.3. The standard InChI is InChI=1S/C19H21BrN2O4/c1-3-9-25-19-16(20)10-14(11-17(19)24-2)12-21-26-13-18(23)22-15-7-5-4-6-8-15/h4-8,10-12H,3,9,13H2,1-2H3,(H,22,23)/b21-12+. The number of benzene rings is 2. The van der Waals surface area contributed by atoms with E-state index < -0.39 is 0 Å². The number of halogens is 1. The second-order valence-corrected chi connectivity index (χ2v) is 6.16. The number of nitrogens with one attached hydrogen (secondary N) is 1. The van der Waals surface area contributed by atoms with Crippen LogP contribution in [-0.4, -0.2) is 32.4 Å². The summed E-state index contributed by atoms with van der Waals surface area (Å²) in [6.07, 6.45) is 2.41. The Bertz CT molecular complexity index is 751. The van der Waals surface area contributed by atoms with Crippen molar-refractivity contribution in [3.05, 3.63) is 52.5 Å². The zero-order chi connectivity index (χ0) is 18.8. The molecule has 0 saturated heterocycles. The molecule has 1 N–H and O–H groups in total. The number of rotatable bonds is 9. The first-order valence-electron chi connectivity index (χ1n) is 8.14. The summed E-state index contributed by atoms with van der Waals surface area (Å²) in [4.78, 5) is 16.8. The summed E-state index contributed by atoms with van der Waals surface area (Å²) in [5, 5.41) is 6.54. The van der Waals surface area contributed by atoms with E-state index in [0.717, 1.165) is 16.5 Å². The minimum Gasteiger partial charge on any atom is -0.493 e. The molecule has 2 rings (SSSR count). The number of hydrogen-bond acceptors (Lipinski definition) is 5. The fourth-order valence-corrected chi connectivity index (χ4v) is 2.65. The van der Waals surface area contributed by atoms with Crippen molar-refractivity contribution in [2.45, 2.75) is 13.3 Å². The van der Waals surface area contributed by atoms with E-state index in [1.54, 1.807) is 25.3 Å². The van der Waals surface area contributed by atoms with Gasteiger partial charge in [0, 0.05) is 11.3 Å². The van der Waals surface area contributed by atoms with E-state index in [9.17, 15) is 4.79 Å². The van der Waals surface area contributed by atoms with Crippen molar-refractivity contribution in [2.75, 3.05) is 25.6 Å². The van der Waals surface area contributed by atoms with Gasteiger partial charge in [-0.15, -0.1) is 0 Å². The van der Waals surface area contributed by atoms with Gasteiger partial charge in [0.15, 0.2) is 18.1 Å². The highest BCUT2D eigenvalue weighted by Gasteiger charge is 2.11. The van der Waals surface area contributed by atoms with Crippen LogP contribution in [0.3, 0.4) is 0 Å². The molecule has 0 saturated carbocycles. The van der Waals surface area contributed by atoms with Crippen molar-refractivity contribution in [3.8, 4) is 11.5 Å². The first-order chi connectivity index (χ1) is 12.6. The molecule has 0 aromatic heterocycles. The molecule has 26 heavy (non-hydrogen) atoms. The number of anilines is 1. The molecule has 0 heterocycles. The number of amides is 1. The van der Waals surface area contributed by atoms with Crippen LogP contribution in [0.2, 0.25) is 0 Å². The van der Waals surface area contributed by atoms with Crippen molar-refractivity contribution in [3.63, 3.8) is 0 Å². The van der Waals surface area contributed by atoms with Gasteiger partial charge in [-0.25, -0.2) is 0 Å². The minimum absolute atomic E-state index is 0.179. The number of ether oxygens (including phenoxy) is 2. The summed E-state index contributed by atoms with van der Waals surface area (Å²) in [7, 11) is 1.58. The first kappa shape index (κ1) is 19.8. The Morgan fingerprint density at radius 3 is 2.73 bits per heavy atom. The number of methoxy groups -OCH3 is 1. The van der Waals surface area contributed by atoms with Crippen LogP contribution in [0, 0.1) is 0 Å². The van der Waals surface area contributed by atoms with Crippen LogP contribution in [0.5, 0.6) is 11.5 Å². The van der Waals surface area contributed by atoms with Crippen LogP contribution in [0.1, 0.15) is 18.9 Å². The molecule has 7 heteroatoms. The normalized spacial score (nSPS) is 10.6. The van der Waals surface area contributed by atoms with Gasteiger partial charge in [0.25, 0.3) is 5.91 Å². The van der Waals surface area contributed by atoms with Gasteiger partial charge < -0.3 is 19.6 Å². The molecule has 0 aliphatic heterocycles. The van der Waals surface area contributed by atoms with Gasteiger partial charge in [0.1, 0.15) is 0 Å². The molecule has 0 atom stereocenters. The SMILES string of the molecule is CCCOc1c(Br)cc(/C=N/OCC(=O)Nc2ccccc2)cc1OC. The van der Waals surface area contributed by atoms with Crippen LogP contribution in [0.15, 0.2) is 52.1 Å². The average Bonchev–Trinajstić information content (AvgIpc) is 2.65. The molecule has 0 radical (unpaired) electrons. The molecule has 0 fully saturated rings. The molecule has 2 aromatic rings. The summed E-state index contributed by atoms with van der Waals surface area (Å²) in [6.45, 7) is 2.45. The van der Waals surface area contributed by atoms with E-state index >= 15 is 0 Å². The molecule has 0 unspecified atom stereocenters. The van der Waals surface area contributed by atoms with Gasteiger partial charge in [-0.1, -0.05) is 30.3 Å². The predicted octanol–water partition coefficient (Wildman–Crippen LogP) is 4.24. The number of nitrogens with zero attached hydrogens (tertiary/aromatic N) is 1. The highest BCUT2D eigenvalue weighted by atomic mass is 79.9. The Hall–Kier alpha value is -2.54. The maximum Gasteiger partial charge on any atom is 0.265 e. The smallest absolute Gasteiger partial charge is 0.265 e. The molecule has 138 valence electrons. The monoisotopic (exact) mass is 420 g/mol. The van der Waals surface area contributed by atoms with Gasteiger partial charge in [-0.05, 0) is 46.6 Å². The molecule has 1 amide bonds. The largest absolute Gasteiger partial charge is 0.493 e. The molecular formula is C19H21BrN2O4. The van der Waals surface area contributed by atoms with Crippen molar-refractivity contribution in [2.24, 2.45) is 5.16 Å². The summed E-state index contributed by atoms with van der Waals surface area (Å²) < 4.78 is 11.8. The lowest BCUT2D eigenvalue weighted by Crippen LogP contribution is -2.16. The highest BCUT2D eigenvalue weighted by Crippen LogP contribution is 2.36. The van der Waals surface area contributed by atoms with Crippen LogP contribution in [-0.2, 0) is 9.63 Å². The zero-order valence-electron chi connectivity index (χ0n) is 14.7. The van der Waals surface area contributed by atoms with Crippen molar-refractivity contribution < 1.29 is 19.1 Å². The topological polar surface area (TPSA) is 69.2 Å². The summed E-state index contributed by atoms with van der Waals surface area (Å²) in [5.41, 5.74) is 1.46. The Kier molecular flexibility index (Phi) is 7.95. The third-order valence-corrected chi connectivity index (χ3v) is 3.82. The van der Waals surface area contributed by atoms with Crippen LogP contribution >= 0.6 is 15.9 Å². The lowest BCUT2D eigenvalue weighted by molar-refractivity contribution is -0.120. The maximum atomic E-state index is 11.8. The van der Waals surface area contributed by atoms with E-state index in [0.29, 0.717) is 23.8 Å². The van der Waals surface area contributed by atoms with E-state index in [1.165, 1.54) is 6.21 Å². The molecule has 0 spiro atoms. The maximum absolute atomic E-state index is 11.8. The minimum atomic E-state index is -0.282. The summed E-state index contributed by atoms with van der Waals surface area (Å²) >= 11 is 3.47. The van der Waals surface area contributed by atoms with Gasteiger partial charge in [-0.2, -0.15) is 0 Å². The van der Waals surface area contributed by atoms with Crippen LogP contribution < -0.4 is 14.8 Å². The molecule has 0 bridgehead atoms. The summed E-state index contributed by atoms with van der Waals surface area (Å²) in [6, 6.07) is 12.8. The van der Waals surface area contributed by atoms with E-state index in [-0.39, 0.29) is 12.5 Å². The van der Waals surface area contributed by atoms with Gasteiger partial charge in [0.05, 0.1) is 24.4 Å². The van der Waals surface area contributed by atoms with Crippen LogP contribution in [0.4, 0.5) is 5.69 Å². The number of hydrogen-bond donors (Lipinski definition) is 1. The van der Waals surface area contributed by atoms with Gasteiger partial charge in [0.2, 0.25) is 0 Å². The Morgan fingerprint density at radius 2 is 2.04 bits per heavy atom. The van der Waals surface area contributed by atoms with Crippen molar-refractivity contribution >= 4 is 33.7 Å². The van der Waals surface area contributed by atoms with E-state index in [4.69, 9.17) is 14.3 Å². The molecule has 0 aliphatic carbocycles. The van der Waals surface area contributed by atoms with E-state index in [2.05, 4.69) is 26.4 Å². The third-order valence-electron chi connectivity index (χ3n) is 3.23. The fourth-order valence-electron chi connectivity index (χ4n) is 2.07. The number of carbonyl (C=O) groups is 1. The van der Waals surface area contributed by atoms with Crippen molar-refractivity contribution in [1.82, 2.24) is 0 Å². The number of carbonyl (C=O) groups excluding carboxylic acids is 1. The Morgan fingerprint density at radius 1 is 1.27 bits per heavy atom. The molecular weight excluding hydrogens is 400 g/mol. The predicted molar refractivity (Wildman–Crippen MR) is 105 cm³/mol. The number of oxime groups is 1. The molecule has 6 nitrogen and oxygen atoms in total.